The zero-order valence-electron chi connectivity index (χ0n) is 17.9. The Kier molecular flexibility index (Phi) is 6.70. The number of rotatable bonds is 7. The van der Waals surface area contributed by atoms with E-state index < -0.39 is 17.6 Å². The third-order valence-corrected chi connectivity index (χ3v) is 5.30. The van der Waals surface area contributed by atoms with E-state index in [9.17, 15) is 18.0 Å². The molecule has 1 aliphatic rings. The minimum Gasteiger partial charge on any atom is -0.493 e. The molecule has 1 heterocycles. The summed E-state index contributed by atoms with van der Waals surface area (Å²) in [5.41, 5.74) is 0.585. The number of hydrogen-bond acceptors (Lipinski definition) is 4. The monoisotopic (exact) mass is 489 g/mol. The highest BCUT2D eigenvalue weighted by atomic mass is 35.5. The SMILES string of the molecule is COc1cc(/C=C2/C(=O)Nc3cc(C(F)(F)F)ccc32)ccc1OCCOc1ccc(Cl)cc1. The highest BCUT2D eigenvalue weighted by molar-refractivity contribution is 6.35. The molecule has 9 heteroatoms. The fourth-order valence-corrected chi connectivity index (χ4v) is 3.54. The van der Waals surface area contributed by atoms with Crippen molar-refractivity contribution in [1.29, 1.82) is 0 Å². The summed E-state index contributed by atoms with van der Waals surface area (Å²) in [7, 11) is 1.49. The molecule has 0 spiro atoms. The van der Waals surface area contributed by atoms with Gasteiger partial charge in [-0.1, -0.05) is 23.7 Å². The summed E-state index contributed by atoms with van der Waals surface area (Å²) in [6, 6.07) is 15.2. The van der Waals surface area contributed by atoms with Crippen molar-refractivity contribution < 1.29 is 32.2 Å². The second-order valence-corrected chi connectivity index (χ2v) is 7.77. The Morgan fingerprint density at radius 3 is 2.38 bits per heavy atom. The van der Waals surface area contributed by atoms with E-state index in [0.29, 0.717) is 40.0 Å². The smallest absolute Gasteiger partial charge is 0.416 e. The van der Waals surface area contributed by atoms with E-state index in [-0.39, 0.29) is 17.9 Å². The molecule has 0 atom stereocenters. The van der Waals surface area contributed by atoms with Crippen molar-refractivity contribution in [3.63, 3.8) is 0 Å². The number of nitrogens with one attached hydrogen (secondary N) is 1. The summed E-state index contributed by atoms with van der Waals surface area (Å²) in [6.45, 7) is 0.560. The number of amides is 1. The average molecular weight is 490 g/mol. The maximum Gasteiger partial charge on any atom is 0.416 e. The van der Waals surface area contributed by atoms with Crippen molar-refractivity contribution in [3.05, 3.63) is 82.4 Å². The Hall–Kier alpha value is -3.65. The van der Waals surface area contributed by atoms with Gasteiger partial charge in [-0.15, -0.1) is 0 Å². The highest BCUT2D eigenvalue weighted by Crippen LogP contribution is 2.39. The Morgan fingerprint density at radius 2 is 1.68 bits per heavy atom. The summed E-state index contributed by atoms with van der Waals surface area (Å²) in [5.74, 6) is 1.11. The molecule has 4 rings (SSSR count). The van der Waals surface area contributed by atoms with Crippen molar-refractivity contribution in [2.75, 3.05) is 25.6 Å². The first kappa shape index (κ1) is 23.5. The van der Waals surface area contributed by atoms with E-state index in [0.717, 1.165) is 12.1 Å². The molecule has 1 aliphatic heterocycles. The maximum absolute atomic E-state index is 13.0. The third kappa shape index (κ3) is 5.28. The van der Waals surface area contributed by atoms with Crippen LogP contribution >= 0.6 is 11.6 Å². The number of halogens is 4. The normalized spacial score (nSPS) is 14.0. The van der Waals surface area contributed by atoms with Crippen LogP contribution in [-0.4, -0.2) is 26.2 Å². The molecule has 0 bridgehead atoms. The second kappa shape index (κ2) is 9.69. The van der Waals surface area contributed by atoms with E-state index in [1.165, 1.54) is 13.2 Å². The lowest BCUT2D eigenvalue weighted by atomic mass is 10.0. The average Bonchev–Trinajstić information content (AvgIpc) is 3.12. The van der Waals surface area contributed by atoms with E-state index in [2.05, 4.69) is 5.32 Å². The minimum absolute atomic E-state index is 0.124. The van der Waals surface area contributed by atoms with Crippen LogP contribution < -0.4 is 19.5 Å². The third-order valence-electron chi connectivity index (χ3n) is 5.05. The topological polar surface area (TPSA) is 56.8 Å². The van der Waals surface area contributed by atoms with Gasteiger partial charge in [-0.25, -0.2) is 0 Å². The van der Waals surface area contributed by atoms with Crippen molar-refractivity contribution in [2.45, 2.75) is 6.18 Å². The highest BCUT2D eigenvalue weighted by Gasteiger charge is 2.33. The van der Waals surface area contributed by atoms with Gasteiger partial charge in [-0.3, -0.25) is 4.79 Å². The fourth-order valence-electron chi connectivity index (χ4n) is 3.42. The van der Waals surface area contributed by atoms with E-state index in [4.69, 9.17) is 25.8 Å². The molecule has 1 amide bonds. The molecule has 0 saturated carbocycles. The first-order chi connectivity index (χ1) is 16.2. The molecule has 0 radical (unpaired) electrons. The number of alkyl halides is 3. The molecule has 0 aliphatic carbocycles. The van der Waals surface area contributed by atoms with Gasteiger partial charge in [0.15, 0.2) is 11.5 Å². The molecule has 3 aromatic carbocycles. The van der Waals surface area contributed by atoms with Gasteiger partial charge < -0.3 is 19.5 Å². The molecule has 0 unspecified atom stereocenters. The predicted molar refractivity (Wildman–Crippen MR) is 123 cm³/mol. The van der Waals surface area contributed by atoms with Crippen LogP contribution in [0.25, 0.3) is 11.6 Å². The van der Waals surface area contributed by atoms with Gasteiger partial charge in [0.2, 0.25) is 0 Å². The van der Waals surface area contributed by atoms with Crippen LogP contribution in [0.4, 0.5) is 18.9 Å². The standard InChI is InChI=1S/C25H19ClF3NO4/c1-32-23-13-15(2-9-22(23)34-11-10-33-18-6-4-17(26)5-7-18)12-20-19-8-3-16(25(27,28)29)14-21(19)30-24(20)31/h2-9,12-14H,10-11H2,1H3,(H,30,31)/b20-12+. The van der Waals surface area contributed by atoms with E-state index in [1.807, 2.05) is 0 Å². The summed E-state index contributed by atoms with van der Waals surface area (Å²) in [4.78, 5) is 12.4. The summed E-state index contributed by atoms with van der Waals surface area (Å²) in [5, 5.41) is 3.11. The lowest BCUT2D eigenvalue weighted by Crippen LogP contribution is -2.09. The van der Waals surface area contributed by atoms with Crippen molar-refractivity contribution in [2.24, 2.45) is 0 Å². The van der Waals surface area contributed by atoms with Crippen molar-refractivity contribution in [1.82, 2.24) is 0 Å². The number of ether oxygens (including phenoxy) is 3. The Balaban J connectivity index is 1.46. The first-order valence-corrected chi connectivity index (χ1v) is 10.6. The van der Waals surface area contributed by atoms with Gasteiger partial charge in [-0.2, -0.15) is 13.2 Å². The van der Waals surface area contributed by atoms with Crippen molar-refractivity contribution in [3.8, 4) is 17.2 Å². The Bertz CT molecular complexity index is 1240. The molecule has 0 fully saturated rings. The van der Waals surface area contributed by atoms with Gasteiger partial charge in [0.05, 0.1) is 12.7 Å². The molecule has 0 saturated heterocycles. The lowest BCUT2D eigenvalue weighted by molar-refractivity contribution is -0.137. The molecule has 0 aromatic heterocycles. The Morgan fingerprint density at radius 1 is 0.941 bits per heavy atom. The maximum atomic E-state index is 13.0. The molecular formula is C25H19ClF3NO4. The molecule has 176 valence electrons. The quantitative estimate of drug-likeness (QED) is 0.312. The molecule has 1 N–H and O–H groups in total. The van der Waals surface area contributed by atoms with Crippen LogP contribution in [0.3, 0.4) is 0 Å². The van der Waals surface area contributed by atoms with Gasteiger partial charge >= 0.3 is 6.18 Å². The predicted octanol–water partition coefficient (Wildman–Crippen LogP) is 6.32. The number of methoxy groups -OCH3 is 1. The number of hydrogen-bond donors (Lipinski definition) is 1. The number of carbonyl (C=O) groups excluding carboxylic acids is 1. The van der Waals surface area contributed by atoms with E-state index >= 15 is 0 Å². The van der Waals surface area contributed by atoms with Gasteiger partial charge in [0, 0.05) is 21.8 Å². The number of carbonyl (C=O) groups is 1. The lowest BCUT2D eigenvalue weighted by Gasteiger charge is -2.12. The van der Waals surface area contributed by atoms with Gasteiger partial charge in [-0.05, 0) is 60.2 Å². The van der Waals surface area contributed by atoms with Crippen LogP contribution in [0, 0.1) is 0 Å². The second-order valence-electron chi connectivity index (χ2n) is 7.33. The zero-order valence-corrected chi connectivity index (χ0v) is 18.7. The largest absolute Gasteiger partial charge is 0.493 e. The summed E-state index contributed by atoms with van der Waals surface area (Å²) < 4.78 is 55.6. The number of benzene rings is 3. The number of fused-ring (bicyclic) bond motifs is 1. The molecule has 3 aromatic rings. The molecular weight excluding hydrogens is 471 g/mol. The number of anilines is 1. The van der Waals surface area contributed by atoms with Crippen LogP contribution in [0.2, 0.25) is 5.02 Å². The van der Waals surface area contributed by atoms with Crippen LogP contribution in [0.5, 0.6) is 17.2 Å². The minimum atomic E-state index is -4.49. The zero-order chi connectivity index (χ0) is 24.3. The molecule has 34 heavy (non-hydrogen) atoms. The fraction of sp³-hybridized carbons (Fsp3) is 0.160. The van der Waals surface area contributed by atoms with Gasteiger partial charge in [0.25, 0.3) is 5.91 Å². The first-order valence-electron chi connectivity index (χ1n) is 10.2. The van der Waals surface area contributed by atoms with Crippen LogP contribution in [0.15, 0.2) is 60.7 Å². The summed E-state index contributed by atoms with van der Waals surface area (Å²) in [6.07, 6.45) is -2.90. The Labute approximate surface area is 198 Å². The van der Waals surface area contributed by atoms with E-state index in [1.54, 1.807) is 48.5 Å². The van der Waals surface area contributed by atoms with Crippen LogP contribution in [0.1, 0.15) is 16.7 Å². The van der Waals surface area contributed by atoms with Gasteiger partial charge in [0.1, 0.15) is 19.0 Å². The molecule has 5 nitrogen and oxygen atoms in total. The van der Waals surface area contributed by atoms with Crippen molar-refractivity contribution >= 4 is 34.8 Å². The van der Waals surface area contributed by atoms with Crippen LogP contribution in [-0.2, 0) is 11.0 Å². The summed E-state index contributed by atoms with van der Waals surface area (Å²) >= 11 is 5.85.